The van der Waals surface area contributed by atoms with Crippen LogP contribution in [0.15, 0.2) is 91.0 Å². The molecule has 23 nitrogen and oxygen atoms in total. The van der Waals surface area contributed by atoms with Crippen molar-refractivity contribution in [3.63, 3.8) is 0 Å². The van der Waals surface area contributed by atoms with Gasteiger partial charge in [0.25, 0.3) is 5.91 Å². The van der Waals surface area contributed by atoms with E-state index < -0.39 is 59.3 Å². The van der Waals surface area contributed by atoms with E-state index in [-0.39, 0.29) is 57.0 Å². The lowest BCUT2D eigenvalue weighted by Crippen LogP contribution is -2.51. The van der Waals surface area contributed by atoms with Gasteiger partial charge in [-0.2, -0.15) is 0 Å². The number of tetrazole rings is 1. The highest BCUT2D eigenvalue weighted by molar-refractivity contribution is 6.05. The number of halogens is 1. The fraction of sp³-hybridized carbons (Fsp3) is 0.458. The van der Waals surface area contributed by atoms with Crippen molar-refractivity contribution in [3.05, 3.63) is 114 Å². The highest BCUT2D eigenvalue weighted by atomic mass is 35.5. The number of carbonyl (C=O) groups excluding carboxylic acids is 7. The maximum Gasteiger partial charge on any atom is 0.408 e. The number of alkyl carbamates (subject to hydrolysis) is 2. The zero-order valence-corrected chi connectivity index (χ0v) is 42.0. The maximum atomic E-state index is 12.7. The van der Waals surface area contributed by atoms with Crippen molar-refractivity contribution in [2.75, 3.05) is 32.8 Å². The monoisotopic (exact) mass is 1020 g/mol. The van der Waals surface area contributed by atoms with Crippen LogP contribution in [0.1, 0.15) is 82.4 Å². The number of amides is 8. The largest absolute Gasteiger partial charge is 0.445 e. The highest BCUT2D eigenvalue weighted by Crippen LogP contribution is 2.14. The average Bonchev–Trinajstić information content (AvgIpc) is 3.93. The van der Waals surface area contributed by atoms with Crippen molar-refractivity contribution in [1.82, 2.24) is 57.4 Å². The number of carbonyl (C=O) groups is 7. The lowest BCUT2D eigenvalue weighted by atomic mass is 10.1. The number of aromatic nitrogens is 4. The Labute approximate surface area is 424 Å². The maximum absolute atomic E-state index is 12.7. The summed E-state index contributed by atoms with van der Waals surface area (Å²) in [6, 6.07) is 25.4. The second-order valence-corrected chi connectivity index (χ2v) is 17.8. The van der Waals surface area contributed by atoms with E-state index in [4.69, 9.17) is 24.7 Å². The van der Waals surface area contributed by atoms with Crippen LogP contribution in [-0.2, 0) is 64.5 Å². The second kappa shape index (κ2) is 30.5. The first-order valence-electron chi connectivity index (χ1n) is 23.1. The normalized spacial score (nSPS) is 13.8. The highest BCUT2D eigenvalue weighted by Gasteiger charge is 2.32. The molecule has 3 aromatic carbocycles. The number of nitrogens with one attached hydrogen (secondary N) is 7. The van der Waals surface area contributed by atoms with Crippen molar-refractivity contribution in [1.29, 1.82) is 0 Å². The SMILES string of the molecule is CC(C)(C)OC(=O)N[C@H](COCc1ccccc1)C(=O)NCCCNC(=O)OCc1ccccc1.CC(C)(N)C(=O)N[C@H](COCc1ccccc1)c1nnnn1CCCNC(=O)CC1NC(=O)NC1=O.Cl. The lowest BCUT2D eigenvalue weighted by Gasteiger charge is -2.23. The van der Waals surface area contributed by atoms with Crippen molar-refractivity contribution in [2.24, 2.45) is 5.73 Å². The summed E-state index contributed by atoms with van der Waals surface area (Å²) < 4.78 is 23.4. The summed E-state index contributed by atoms with van der Waals surface area (Å²) in [7, 11) is 0. The zero-order valence-electron chi connectivity index (χ0n) is 41.1. The standard InChI is InChI=1S/C26H35N3O6.C22H31N9O5.ClH/c1-26(2,3)35-25(32)29-22(19-33-17-20-11-6-4-7-12-20)23(30)27-15-10-16-28-24(31)34-18-21-13-8-5-9-14-21;1-22(2,23)20(34)25-16(13-36-12-14-7-4-3-5-8-14)18-28-29-30-31(18)10-6-9-24-17(32)11-15-19(33)27-21(35)26-15;/h4-9,11-14,22H,10,15-19H2,1-3H3,(H,27,30)(H,28,31)(H,29,32);3-5,7-8,15-16H,6,9-13,23H2,1-2H3,(H,24,32)(H,25,34)(H2,26,27,33,35);1H/t22-;15?,16-;/m11./s1. The number of hydrogen-bond donors (Lipinski definition) is 8. The Morgan fingerprint density at radius 1 is 0.722 bits per heavy atom. The van der Waals surface area contributed by atoms with Gasteiger partial charge in [0.05, 0.1) is 38.4 Å². The fourth-order valence-corrected chi connectivity index (χ4v) is 6.22. The number of imide groups is 1. The summed E-state index contributed by atoms with van der Waals surface area (Å²) in [5.41, 5.74) is 6.95. The summed E-state index contributed by atoms with van der Waals surface area (Å²) >= 11 is 0. The molecule has 3 atom stereocenters. The van der Waals surface area contributed by atoms with Gasteiger partial charge >= 0.3 is 18.2 Å². The molecule has 0 aliphatic carbocycles. The number of aryl methyl sites for hydroxylation is 1. The van der Waals surface area contributed by atoms with Crippen LogP contribution in [0.2, 0.25) is 0 Å². The predicted molar refractivity (Wildman–Crippen MR) is 265 cm³/mol. The van der Waals surface area contributed by atoms with Gasteiger partial charge in [-0.05, 0) is 74.6 Å². The number of urea groups is 1. The molecule has 0 radical (unpaired) electrons. The Hall–Kier alpha value is -7.21. The molecule has 1 aliphatic rings. The third kappa shape index (κ3) is 23.1. The minimum atomic E-state index is -1.12. The molecule has 1 fully saturated rings. The number of ether oxygens (including phenoxy) is 4. The third-order valence-electron chi connectivity index (χ3n) is 9.81. The van der Waals surface area contributed by atoms with Gasteiger partial charge in [0, 0.05) is 26.2 Å². The summed E-state index contributed by atoms with van der Waals surface area (Å²) in [6.45, 7) is 10.6. The first kappa shape index (κ1) is 59.1. The van der Waals surface area contributed by atoms with Gasteiger partial charge in [-0.15, -0.1) is 17.5 Å². The molecule has 9 N–H and O–H groups in total. The van der Waals surface area contributed by atoms with E-state index in [1.54, 1.807) is 34.6 Å². The smallest absolute Gasteiger partial charge is 0.408 e. The predicted octanol–water partition coefficient (Wildman–Crippen LogP) is 2.84. The molecule has 1 unspecified atom stereocenters. The van der Waals surface area contributed by atoms with E-state index in [0.29, 0.717) is 51.5 Å². The summed E-state index contributed by atoms with van der Waals surface area (Å²) in [4.78, 5) is 84.0. The Kier molecular flexibility index (Phi) is 25.0. The van der Waals surface area contributed by atoms with Gasteiger partial charge in [0.15, 0.2) is 5.82 Å². The third-order valence-corrected chi connectivity index (χ3v) is 9.81. The topological polar surface area (TPSA) is 310 Å². The van der Waals surface area contributed by atoms with Gasteiger partial charge in [0.2, 0.25) is 17.7 Å². The van der Waals surface area contributed by atoms with Crippen LogP contribution in [0.25, 0.3) is 0 Å². The quantitative estimate of drug-likeness (QED) is 0.0350. The van der Waals surface area contributed by atoms with Gasteiger partial charge in [-0.3, -0.25) is 24.5 Å². The van der Waals surface area contributed by atoms with E-state index in [9.17, 15) is 33.6 Å². The Morgan fingerprint density at radius 3 is 1.83 bits per heavy atom. The Bertz CT molecular complexity index is 2320. The van der Waals surface area contributed by atoms with Crippen LogP contribution in [0, 0.1) is 0 Å². The molecule has 0 spiro atoms. The Morgan fingerprint density at radius 2 is 1.28 bits per heavy atom. The first-order chi connectivity index (χ1) is 33.9. The van der Waals surface area contributed by atoms with Gasteiger partial charge in [-0.1, -0.05) is 91.0 Å². The van der Waals surface area contributed by atoms with E-state index in [1.807, 2.05) is 91.0 Å². The van der Waals surface area contributed by atoms with Gasteiger partial charge < -0.3 is 56.6 Å². The molecule has 1 aliphatic heterocycles. The Balaban J connectivity index is 0.000000375. The van der Waals surface area contributed by atoms with Crippen LogP contribution < -0.4 is 43.0 Å². The molecule has 5 rings (SSSR count). The number of benzene rings is 3. The van der Waals surface area contributed by atoms with Crippen molar-refractivity contribution in [2.45, 2.75) is 110 Å². The minimum absolute atomic E-state index is 0. The fourth-order valence-electron chi connectivity index (χ4n) is 6.22. The molecule has 8 amide bonds. The molecule has 1 saturated heterocycles. The number of nitrogens with two attached hydrogens (primary N) is 1. The molecule has 1 aromatic heterocycles. The summed E-state index contributed by atoms with van der Waals surface area (Å²) in [6.07, 6.45) is -0.435. The van der Waals surface area contributed by atoms with E-state index in [2.05, 4.69) is 52.7 Å². The van der Waals surface area contributed by atoms with Crippen molar-refractivity contribution < 1.29 is 52.5 Å². The van der Waals surface area contributed by atoms with E-state index in [1.165, 1.54) is 4.68 Å². The number of rotatable bonds is 25. The van der Waals surface area contributed by atoms with E-state index >= 15 is 0 Å². The molecular weight excluding hydrogens is 956 g/mol. The average molecular weight is 1020 g/mol. The molecule has 72 heavy (non-hydrogen) atoms. The summed E-state index contributed by atoms with van der Waals surface area (Å²) in [5.74, 6) is -1.32. The molecule has 2 heterocycles. The first-order valence-corrected chi connectivity index (χ1v) is 23.1. The van der Waals surface area contributed by atoms with E-state index in [0.717, 1.165) is 16.7 Å². The summed E-state index contributed by atoms with van der Waals surface area (Å²) in [5, 5.41) is 29.7. The molecule has 0 saturated carbocycles. The van der Waals surface area contributed by atoms with Gasteiger partial charge in [0.1, 0.15) is 30.3 Å². The van der Waals surface area contributed by atoms with Crippen LogP contribution in [0.5, 0.6) is 0 Å². The number of hydrogen-bond acceptors (Lipinski definition) is 15. The molecule has 392 valence electrons. The van der Waals surface area contributed by atoms with Crippen molar-refractivity contribution >= 4 is 54.3 Å². The van der Waals surface area contributed by atoms with Crippen LogP contribution in [0.4, 0.5) is 14.4 Å². The zero-order chi connectivity index (χ0) is 51.7. The number of nitrogens with zero attached hydrogens (tertiary/aromatic N) is 4. The van der Waals surface area contributed by atoms with Crippen molar-refractivity contribution in [3.8, 4) is 0 Å². The second-order valence-electron chi connectivity index (χ2n) is 17.8. The molecule has 4 aromatic rings. The molecule has 0 bridgehead atoms. The lowest BCUT2D eigenvalue weighted by molar-refractivity contribution is -0.127. The van der Waals surface area contributed by atoms with Gasteiger partial charge in [-0.25, -0.2) is 19.1 Å². The molecule has 24 heteroatoms. The van der Waals surface area contributed by atoms with Crippen LogP contribution >= 0.6 is 12.4 Å². The molecular formula is C48H67ClN12O11. The minimum Gasteiger partial charge on any atom is -0.445 e. The van der Waals surface area contributed by atoms with Crippen LogP contribution in [-0.4, -0.2) is 118 Å². The van der Waals surface area contributed by atoms with Crippen LogP contribution in [0.3, 0.4) is 0 Å².